The number of ether oxygens (including phenoxy) is 2. The van der Waals surface area contributed by atoms with Crippen molar-refractivity contribution in [3.05, 3.63) is 30.2 Å². The molecule has 1 aliphatic heterocycles. The molecule has 1 saturated heterocycles. The lowest BCUT2D eigenvalue weighted by atomic mass is 10.1. The summed E-state index contributed by atoms with van der Waals surface area (Å²) in [5.74, 6) is 1.87. The Kier molecular flexibility index (Phi) is 4.69. The molecule has 4 heterocycles. The fourth-order valence-corrected chi connectivity index (χ4v) is 3.47. The van der Waals surface area contributed by atoms with E-state index < -0.39 is 0 Å². The third-order valence-electron chi connectivity index (χ3n) is 5.20. The number of fused-ring (bicyclic) bond motifs is 1. The molecule has 2 aliphatic rings. The number of carbonyl (C=O) groups is 1. The zero-order chi connectivity index (χ0) is 19.8. The number of aromatic nitrogens is 3. The molecule has 1 amide bonds. The van der Waals surface area contributed by atoms with Crippen LogP contribution in [0.1, 0.15) is 18.6 Å². The molecule has 9 nitrogen and oxygen atoms in total. The molecule has 0 spiro atoms. The lowest BCUT2D eigenvalue weighted by Crippen LogP contribution is -2.44. The van der Waals surface area contributed by atoms with Gasteiger partial charge in [0.15, 0.2) is 5.82 Å². The summed E-state index contributed by atoms with van der Waals surface area (Å²) < 4.78 is 18.5. The van der Waals surface area contributed by atoms with Gasteiger partial charge < -0.3 is 24.6 Å². The summed E-state index contributed by atoms with van der Waals surface area (Å²) >= 11 is 0. The molecule has 0 unspecified atom stereocenters. The molecule has 0 bridgehead atoms. The van der Waals surface area contributed by atoms with E-state index in [9.17, 15) is 4.79 Å². The summed E-state index contributed by atoms with van der Waals surface area (Å²) in [6.45, 7) is 4.46. The summed E-state index contributed by atoms with van der Waals surface area (Å²) in [6.07, 6.45) is 3.77. The van der Waals surface area contributed by atoms with Crippen LogP contribution in [-0.2, 0) is 9.53 Å². The Balaban J connectivity index is 1.36. The van der Waals surface area contributed by atoms with Crippen LogP contribution in [0.5, 0.6) is 5.88 Å². The molecule has 1 saturated carbocycles. The Morgan fingerprint density at radius 2 is 2.31 bits per heavy atom. The lowest BCUT2D eigenvalue weighted by Gasteiger charge is -2.23. The van der Waals surface area contributed by atoms with Crippen LogP contribution in [0.2, 0.25) is 0 Å². The second-order valence-electron chi connectivity index (χ2n) is 7.53. The predicted molar refractivity (Wildman–Crippen MR) is 105 cm³/mol. The Hall–Kier alpha value is -2.91. The molecular weight excluding hydrogens is 374 g/mol. The van der Waals surface area contributed by atoms with Crippen LogP contribution in [0.3, 0.4) is 0 Å². The summed E-state index contributed by atoms with van der Waals surface area (Å²) in [7, 11) is 0. The Morgan fingerprint density at radius 3 is 3.10 bits per heavy atom. The zero-order valence-corrected chi connectivity index (χ0v) is 16.2. The zero-order valence-electron chi connectivity index (χ0n) is 16.2. The van der Waals surface area contributed by atoms with Crippen LogP contribution < -0.4 is 15.4 Å². The fourth-order valence-electron chi connectivity index (χ4n) is 3.47. The van der Waals surface area contributed by atoms with E-state index in [2.05, 4.69) is 20.9 Å². The van der Waals surface area contributed by atoms with Gasteiger partial charge in [-0.1, -0.05) is 0 Å². The minimum absolute atomic E-state index is 0.0412. The second kappa shape index (κ2) is 7.49. The van der Waals surface area contributed by atoms with E-state index in [-0.39, 0.29) is 17.9 Å². The molecule has 9 heteroatoms. The van der Waals surface area contributed by atoms with Gasteiger partial charge in [-0.25, -0.2) is 4.52 Å². The Bertz CT molecular complexity index is 1030. The SMILES string of the molecule is Cc1onc(OC[C@@H]2COCCN2)c1-c1ccn2nc(NC(=O)C3CC3)cc2c1. The summed E-state index contributed by atoms with van der Waals surface area (Å²) in [5.41, 5.74) is 2.59. The summed E-state index contributed by atoms with van der Waals surface area (Å²) in [4.78, 5) is 12.0. The van der Waals surface area contributed by atoms with Crippen LogP contribution in [0.15, 0.2) is 28.9 Å². The normalized spacial score (nSPS) is 19.4. The second-order valence-corrected chi connectivity index (χ2v) is 7.53. The van der Waals surface area contributed by atoms with Gasteiger partial charge in [0.2, 0.25) is 5.91 Å². The molecule has 1 aliphatic carbocycles. The van der Waals surface area contributed by atoms with E-state index in [0.717, 1.165) is 42.6 Å². The van der Waals surface area contributed by atoms with Crippen molar-refractivity contribution < 1.29 is 18.8 Å². The highest BCUT2D eigenvalue weighted by Gasteiger charge is 2.30. The fraction of sp³-hybridized carbons (Fsp3) is 0.450. The van der Waals surface area contributed by atoms with Gasteiger partial charge in [0.1, 0.15) is 12.4 Å². The van der Waals surface area contributed by atoms with Crippen molar-refractivity contribution in [1.29, 1.82) is 0 Å². The van der Waals surface area contributed by atoms with Crippen molar-refractivity contribution in [2.24, 2.45) is 5.92 Å². The molecule has 29 heavy (non-hydrogen) atoms. The molecule has 0 aromatic carbocycles. The first-order valence-electron chi connectivity index (χ1n) is 9.88. The third-order valence-corrected chi connectivity index (χ3v) is 5.20. The highest BCUT2D eigenvalue weighted by atomic mass is 16.5. The van der Waals surface area contributed by atoms with Gasteiger partial charge in [0.05, 0.1) is 30.3 Å². The number of carbonyl (C=O) groups excluding carboxylic acids is 1. The van der Waals surface area contributed by atoms with E-state index in [1.807, 2.05) is 31.3 Å². The van der Waals surface area contributed by atoms with Crippen molar-refractivity contribution in [1.82, 2.24) is 20.1 Å². The molecule has 3 aromatic rings. The van der Waals surface area contributed by atoms with E-state index in [1.165, 1.54) is 0 Å². The van der Waals surface area contributed by atoms with Crippen LogP contribution >= 0.6 is 0 Å². The number of nitrogens with zero attached hydrogens (tertiary/aromatic N) is 3. The van der Waals surface area contributed by atoms with E-state index in [4.69, 9.17) is 14.0 Å². The molecule has 1 atom stereocenters. The number of aryl methyl sites for hydroxylation is 1. The van der Waals surface area contributed by atoms with E-state index in [0.29, 0.717) is 30.7 Å². The Morgan fingerprint density at radius 1 is 1.41 bits per heavy atom. The minimum Gasteiger partial charge on any atom is -0.473 e. The minimum atomic E-state index is 0.0412. The highest BCUT2D eigenvalue weighted by Crippen LogP contribution is 2.34. The lowest BCUT2D eigenvalue weighted by molar-refractivity contribution is -0.117. The maximum Gasteiger partial charge on any atom is 0.262 e. The van der Waals surface area contributed by atoms with Crippen molar-refractivity contribution in [2.75, 3.05) is 31.7 Å². The van der Waals surface area contributed by atoms with Crippen molar-refractivity contribution in [2.45, 2.75) is 25.8 Å². The molecule has 3 aromatic heterocycles. The maximum atomic E-state index is 12.0. The highest BCUT2D eigenvalue weighted by molar-refractivity contribution is 5.93. The van der Waals surface area contributed by atoms with Crippen molar-refractivity contribution in [3.8, 4) is 17.0 Å². The van der Waals surface area contributed by atoms with Crippen molar-refractivity contribution in [3.63, 3.8) is 0 Å². The van der Waals surface area contributed by atoms with Gasteiger partial charge in [-0.2, -0.15) is 5.10 Å². The molecular formula is C20H23N5O4. The maximum absolute atomic E-state index is 12.0. The van der Waals surface area contributed by atoms with Gasteiger partial charge in [0, 0.05) is 24.7 Å². The number of anilines is 1. The average Bonchev–Trinajstić information content (AvgIpc) is 3.42. The van der Waals surface area contributed by atoms with Crippen LogP contribution in [0.25, 0.3) is 16.6 Å². The third kappa shape index (κ3) is 3.83. The molecule has 152 valence electrons. The first-order valence-corrected chi connectivity index (χ1v) is 9.88. The van der Waals surface area contributed by atoms with E-state index >= 15 is 0 Å². The molecule has 5 rings (SSSR count). The number of amides is 1. The molecule has 2 fully saturated rings. The average molecular weight is 397 g/mol. The summed E-state index contributed by atoms with van der Waals surface area (Å²) in [5, 5.41) is 14.7. The number of rotatable bonds is 6. The predicted octanol–water partition coefficient (Wildman–Crippen LogP) is 2.01. The van der Waals surface area contributed by atoms with Gasteiger partial charge >= 0.3 is 0 Å². The largest absolute Gasteiger partial charge is 0.473 e. The first kappa shape index (κ1) is 18.1. The van der Waals surface area contributed by atoms with Gasteiger partial charge in [0.25, 0.3) is 5.88 Å². The van der Waals surface area contributed by atoms with Gasteiger partial charge in [-0.15, -0.1) is 0 Å². The van der Waals surface area contributed by atoms with Crippen LogP contribution in [-0.4, -0.2) is 53.1 Å². The number of hydrogen-bond donors (Lipinski definition) is 2. The monoisotopic (exact) mass is 397 g/mol. The number of nitrogens with one attached hydrogen (secondary N) is 2. The standard InChI is InChI=1S/C20H23N5O4/c1-12-18(20(24-29-12)28-11-15-10-27-7-5-21-15)14-4-6-25-16(8-14)9-17(23-25)22-19(26)13-2-3-13/h4,6,8-9,13,15,21H,2-3,5,7,10-11H2,1H3,(H,22,23,26)/t15-/m0/s1. The van der Waals surface area contributed by atoms with E-state index in [1.54, 1.807) is 4.52 Å². The molecule has 2 N–H and O–H groups in total. The number of pyridine rings is 1. The quantitative estimate of drug-likeness (QED) is 0.656. The Labute approximate surface area is 167 Å². The number of morpholine rings is 1. The topological polar surface area (TPSA) is 103 Å². The smallest absolute Gasteiger partial charge is 0.262 e. The summed E-state index contributed by atoms with van der Waals surface area (Å²) in [6, 6.07) is 5.90. The van der Waals surface area contributed by atoms with Crippen LogP contribution in [0.4, 0.5) is 5.82 Å². The molecule has 0 radical (unpaired) electrons. The van der Waals surface area contributed by atoms with Crippen LogP contribution in [0, 0.1) is 12.8 Å². The first-order chi connectivity index (χ1) is 14.2. The van der Waals surface area contributed by atoms with Gasteiger partial charge in [-0.3, -0.25) is 4.79 Å². The van der Waals surface area contributed by atoms with Crippen molar-refractivity contribution >= 4 is 17.2 Å². The number of hydrogen-bond acceptors (Lipinski definition) is 7. The van der Waals surface area contributed by atoms with Gasteiger partial charge in [-0.05, 0) is 42.6 Å².